The Hall–Kier alpha value is -1.65. The zero-order valence-electron chi connectivity index (χ0n) is 7.01. The minimum absolute atomic E-state index is 0.0647. The van der Waals surface area contributed by atoms with Gasteiger partial charge in [0.25, 0.3) is 0 Å². The van der Waals surface area contributed by atoms with E-state index in [1.54, 1.807) is 23.1 Å². The second-order valence-electron chi connectivity index (χ2n) is 2.60. The van der Waals surface area contributed by atoms with E-state index in [4.69, 9.17) is 5.11 Å². The molecule has 1 aromatic heterocycles. The van der Waals surface area contributed by atoms with Crippen molar-refractivity contribution in [1.82, 2.24) is 9.78 Å². The lowest BCUT2D eigenvalue weighted by Gasteiger charge is -1.98. The summed E-state index contributed by atoms with van der Waals surface area (Å²) in [4.78, 5) is 20.8. The number of carboxylic acid groups (broad SMARTS) is 1. The average molecular weight is 182 g/mol. The fourth-order valence-electron chi connectivity index (χ4n) is 0.941. The number of hydrogen-bond donors (Lipinski definition) is 1. The number of rotatable bonds is 5. The highest BCUT2D eigenvalue weighted by atomic mass is 16.4. The Kier molecular flexibility index (Phi) is 3.19. The third kappa shape index (κ3) is 3.06. The Morgan fingerprint density at radius 1 is 1.46 bits per heavy atom. The maximum atomic E-state index is 10.6. The van der Waals surface area contributed by atoms with Gasteiger partial charge < -0.3 is 5.11 Å². The van der Waals surface area contributed by atoms with Crippen molar-refractivity contribution in [2.45, 2.75) is 19.4 Å². The van der Waals surface area contributed by atoms with E-state index >= 15 is 0 Å². The number of aliphatic carboxylic acids is 1. The second-order valence-corrected chi connectivity index (χ2v) is 2.60. The molecule has 0 radical (unpaired) electrons. The summed E-state index contributed by atoms with van der Waals surface area (Å²) in [5, 5.41) is 12.2. The molecular weight excluding hydrogens is 172 g/mol. The molecule has 70 valence electrons. The molecule has 13 heavy (non-hydrogen) atoms. The maximum absolute atomic E-state index is 10.6. The molecule has 0 aliphatic rings. The summed E-state index contributed by atoms with van der Waals surface area (Å²) >= 11 is 0. The average Bonchev–Trinajstić information content (AvgIpc) is 2.56. The lowest BCUT2D eigenvalue weighted by molar-refractivity contribution is -0.149. The lowest BCUT2D eigenvalue weighted by atomic mass is 10.2. The smallest absolute Gasteiger partial charge is 0.372 e. The van der Waals surface area contributed by atoms with Gasteiger partial charge in [-0.3, -0.25) is 9.48 Å². The fourth-order valence-corrected chi connectivity index (χ4v) is 0.941. The molecule has 1 heterocycles. The molecule has 5 heteroatoms. The molecule has 1 rings (SSSR count). The number of nitrogens with zero attached hydrogens (tertiary/aromatic N) is 2. The van der Waals surface area contributed by atoms with Gasteiger partial charge in [0, 0.05) is 25.4 Å². The quantitative estimate of drug-likeness (QED) is 0.665. The lowest BCUT2D eigenvalue weighted by Crippen LogP contribution is -2.13. The summed E-state index contributed by atoms with van der Waals surface area (Å²) in [7, 11) is 0. The second kappa shape index (κ2) is 4.39. The van der Waals surface area contributed by atoms with Crippen molar-refractivity contribution in [3.05, 3.63) is 18.5 Å². The van der Waals surface area contributed by atoms with Crippen LogP contribution in [0.2, 0.25) is 0 Å². The topological polar surface area (TPSA) is 72.2 Å². The SMILES string of the molecule is O=C(O)C(=O)CCCn1cccn1. The van der Waals surface area contributed by atoms with Crippen molar-refractivity contribution in [3.63, 3.8) is 0 Å². The molecule has 0 bridgehead atoms. The number of aryl methyl sites for hydroxylation is 1. The van der Waals surface area contributed by atoms with Crippen LogP contribution in [0, 0.1) is 0 Å². The summed E-state index contributed by atoms with van der Waals surface area (Å²) in [6, 6.07) is 1.78. The molecule has 1 aromatic rings. The normalized spacial score (nSPS) is 9.85. The first kappa shape index (κ1) is 9.44. The molecule has 0 unspecified atom stereocenters. The predicted molar refractivity (Wildman–Crippen MR) is 44.1 cm³/mol. The van der Waals surface area contributed by atoms with Gasteiger partial charge >= 0.3 is 5.97 Å². The van der Waals surface area contributed by atoms with Gasteiger partial charge in [0.2, 0.25) is 5.78 Å². The van der Waals surface area contributed by atoms with Crippen LogP contribution in [0.25, 0.3) is 0 Å². The van der Waals surface area contributed by atoms with Crippen molar-refractivity contribution in [3.8, 4) is 0 Å². The monoisotopic (exact) mass is 182 g/mol. The van der Waals surface area contributed by atoms with E-state index in [1.807, 2.05) is 0 Å². The molecule has 0 aliphatic heterocycles. The number of Topliss-reactive ketones (excluding diaryl/α,β-unsaturated/α-hetero) is 1. The molecule has 5 nitrogen and oxygen atoms in total. The third-order valence-corrected chi connectivity index (χ3v) is 1.59. The molecule has 0 saturated heterocycles. The number of carboxylic acids is 1. The van der Waals surface area contributed by atoms with Crippen LogP contribution in [-0.4, -0.2) is 26.6 Å². The van der Waals surface area contributed by atoms with Crippen LogP contribution < -0.4 is 0 Å². The number of aromatic nitrogens is 2. The van der Waals surface area contributed by atoms with Crippen LogP contribution >= 0.6 is 0 Å². The maximum Gasteiger partial charge on any atom is 0.372 e. The molecule has 1 N–H and O–H groups in total. The van der Waals surface area contributed by atoms with Gasteiger partial charge in [-0.1, -0.05) is 0 Å². The predicted octanol–water partition coefficient (Wildman–Crippen LogP) is 0.317. The molecule has 0 amide bonds. The number of hydrogen-bond acceptors (Lipinski definition) is 3. The molecule has 0 atom stereocenters. The van der Waals surface area contributed by atoms with Gasteiger partial charge in [0.1, 0.15) is 0 Å². The minimum atomic E-state index is -1.36. The number of carbonyl (C=O) groups is 2. The van der Waals surface area contributed by atoms with Crippen LogP contribution in [0.5, 0.6) is 0 Å². The Bertz CT molecular complexity index is 292. The van der Waals surface area contributed by atoms with Crippen LogP contribution in [-0.2, 0) is 16.1 Å². The van der Waals surface area contributed by atoms with Crippen molar-refractivity contribution in [2.75, 3.05) is 0 Å². The van der Waals surface area contributed by atoms with Crippen LogP contribution in [0.1, 0.15) is 12.8 Å². The van der Waals surface area contributed by atoms with Gasteiger partial charge in [-0.2, -0.15) is 5.10 Å². The van der Waals surface area contributed by atoms with Gasteiger partial charge in [-0.15, -0.1) is 0 Å². The van der Waals surface area contributed by atoms with Crippen LogP contribution in [0.15, 0.2) is 18.5 Å². The highest BCUT2D eigenvalue weighted by Crippen LogP contribution is 1.95. The number of ketones is 1. The van der Waals surface area contributed by atoms with E-state index in [0.29, 0.717) is 13.0 Å². The zero-order chi connectivity index (χ0) is 9.68. The minimum Gasteiger partial charge on any atom is -0.476 e. The largest absolute Gasteiger partial charge is 0.476 e. The Morgan fingerprint density at radius 2 is 2.23 bits per heavy atom. The van der Waals surface area contributed by atoms with Crippen LogP contribution in [0.3, 0.4) is 0 Å². The zero-order valence-corrected chi connectivity index (χ0v) is 7.01. The standard InChI is InChI=1S/C8H10N2O3/c11-7(8(12)13)3-1-5-10-6-2-4-9-10/h2,4,6H,1,3,5H2,(H,12,13). The van der Waals surface area contributed by atoms with E-state index in [9.17, 15) is 9.59 Å². The summed E-state index contributed by atoms with van der Waals surface area (Å²) in [6.45, 7) is 0.575. The molecular formula is C8H10N2O3. The fraction of sp³-hybridized carbons (Fsp3) is 0.375. The van der Waals surface area contributed by atoms with Gasteiger partial charge in [0.05, 0.1) is 0 Å². The third-order valence-electron chi connectivity index (χ3n) is 1.59. The van der Waals surface area contributed by atoms with E-state index in [2.05, 4.69) is 5.10 Å². The van der Waals surface area contributed by atoms with E-state index in [1.165, 1.54) is 0 Å². The number of carbonyl (C=O) groups excluding carboxylic acids is 1. The Balaban J connectivity index is 2.22. The molecule has 0 aromatic carbocycles. The van der Waals surface area contributed by atoms with Crippen molar-refractivity contribution >= 4 is 11.8 Å². The first-order valence-corrected chi connectivity index (χ1v) is 3.93. The summed E-state index contributed by atoms with van der Waals surface area (Å²) in [5.74, 6) is -2.10. The summed E-state index contributed by atoms with van der Waals surface area (Å²) in [5.41, 5.74) is 0. The van der Waals surface area contributed by atoms with E-state index < -0.39 is 11.8 Å². The Morgan fingerprint density at radius 3 is 2.77 bits per heavy atom. The molecule has 0 fully saturated rings. The molecule has 0 saturated carbocycles. The van der Waals surface area contributed by atoms with Gasteiger partial charge in [-0.05, 0) is 12.5 Å². The van der Waals surface area contributed by atoms with Crippen molar-refractivity contribution in [1.29, 1.82) is 0 Å². The summed E-state index contributed by atoms with van der Waals surface area (Å²) < 4.78 is 1.66. The van der Waals surface area contributed by atoms with Crippen molar-refractivity contribution < 1.29 is 14.7 Å². The highest BCUT2D eigenvalue weighted by Gasteiger charge is 2.09. The van der Waals surface area contributed by atoms with Gasteiger partial charge in [0.15, 0.2) is 0 Å². The van der Waals surface area contributed by atoms with Crippen molar-refractivity contribution in [2.24, 2.45) is 0 Å². The first-order chi connectivity index (χ1) is 6.20. The van der Waals surface area contributed by atoms with E-state index in [0.717, 1.165) is 0 Å². The molecule has 0 aliphatic carbocycles. The van der Waals surface area contributed by atoms with Gasteiger partial charge in [-0.25, -0.2) is 4.79 Å². The first-order valence-electron chi connectivity index (χ1n) is 3.93. The molecule has 0 spiro atoms. The highest BCUT2D eigenvalue weighted by molar-refractivity contribution is 6.32. The Labute approximate surface area is 75.0 Å². The van der Waals surface area contributed by atoms with Crippen LogP contribution in [0.4, 0.5) is 0 Å². The summed E-state index contributed by atoms with van der Waals surface area (Å²) in [6.07, 6.45) is 3.98. The van der Waals surface area contributed by atoms with E-state index in [-0.39, 0.29) is 6.42 Å².